The molecular formula is C7H7FN2S. The lowest BCUT2D eigenvalue weighted by molar-refractivity contribution is 0.620. The molecule has 0 saturated carbocycles. The van der Waals surface area contributed by atoms with E-state index in [-0.39, 0.29) is 5.82 Å². The van der Waals surface area contributed by atoms with E-state index in [0.29, 0.717) is 17.1 Å². The Balaban J connectivity index is 2.74. The molecule has 58 valence electrons. The van der Waals surface area contributed by atoms with Crippen LogP contribution < -0.4 is 5.73 Å². The molecule has 0 saturated heterocycles. The van der Waals surface area contributed by atoms with Gasteiger partial charge in [0, 0.05) is 12.1 Å². The van der Waals surface area contributed by atoms with Crippen molar-refractivity contribution in [2.45, 2.75) is 6.42 Å². The summed E-state index contributed by atoms with van der Waals surface area (Å²) in [4.78, 5) is 4.14. The maximum atomic E-state index is 12.3. The summed E-state index contributed by atoms with van der Waals surface area (Å²) in [6, 6.07) is 2.90. The highest BCUT2D eigenvalue weighted by atomic mass is 32.1. The Hall–Kier alpha value is -1.03. The Bertz CT molecular complexity index is 258. The van der Waals surface area contributed by atoms with Gasteiger partial charge in [-0.25, -0.2) is 4.39 Å². The van der Waals surface area contributed by atoms with Crippen LogP contribution in [-0.4, -0.2) is 9.97 Å². The summed E-state index contributed by atoms with van der Waals surface area (Å²) in [7, 11) is 0. The minimum Gasteiger partial charge on any atom is -0.393 e. The summed E-state index contributed by atoms with van der Waals surface area (Å²) in [5, 5.41) is 0. The van der Waals surface area contributed by atoms with Crippen LogP contribution in [0.3, 0.4) is 0 Å². The molecule has 0 atom stereocenters. The third-order valence-electron chi connectivity index (χ3n) is 1.14. The van der Waals surface area contributed by atoms with Crippen LogP contribution in [0, 0.1) is 5.82 Å². The highest BCUT2D eigenvalue weighted by Crippen LogP contribution is 1.98. The smallest absolute Gasteiger partial charge is 0.141 e. The normalized spacial score (nSPS) is 9.55. The van der Waals surface area contributed by atoms with Crippen LogP contribution in [0.1, 0.15) is 5.69 Å². The van der Waals surface area contributed by atoms with Gasteiger partial charge in [-0.15, -0.1) is 0 Å². The third kappa shape index (κ3) is 2.59. The Morgan fingerprint density at radius 2 is 2.36 bits per heavy atom. The summed E-state index contributed by atoms with van der Waals surface area (Å²) in [5.41, 5.74) is 5.95. The predicted molar refractivity (Wildman–Crippen MR) is 44.7 cm³/mol. The fourth-order valence-electron chi connectivity index (χ4n) is 0.690. The molecular weight excluding hydrogens is 163 g/mol. The van der Waals surface area contributed by atoms with E-state index in [4.69, 9.17) is 5.73 Å². The fraction of sp³-hybridized carbons (Fsp3) is 0.143. The Kier molecular flexibility index (Phi) is 2.48. The molecule has 0 aliphatic carbocycles. The molecule has 0 spiro atoms. The monoisotopic (exact) mass is 170 g/mol. The van der Waals surface area contributed by atoms with Crippen LogP contribution in [-0.2, 0) is 6.42 Å². The Morgan fingerprint density at radius 3 is 2.82 bits per heavy atom. The van der Waals surface area contributed by atoms with Gasteiger partial charge in [0.05, 0.1) is 11.2 Å². The molecule has 11 heavy (non-hydrogen) atoms. The number of rotatable bonds is 2. The molecule has 0 bridgehead atoms. The van der Waals surface area contributed by atoms with Crippen molar-refractivity contribution in [3.05, 3.63) is 29.8 Å². The fourth-order valence-corrected chi connectivity index (χ4v) is 0.837. The second-order valence-corrected chi connectivity index (χ2v) is 2.64. The van der Waals surface area contributed by atoms with Crippen LogP contribution in [0.15, 0.2) is 18.3 Å². The van der Waals surface area contributed by atoms with Gasteiger partial charge in [-0.2, -0.15) is 0 Å². The first-order valence-electron chi connectivity index (χ1n) is 3.07. The highest BCUT2D eigenvalue weighted by molar-refractivity contribution is 7.80. The van der Waals surface area contributed by atoms with E-state index in [1.807, 2.05) is 0 Å². The molecule has 0 amide bonds. The summed E-state index contributed by atoms with van der Waals surface area (Å²) in [6.45, 7) is 0. The van der Waals surface area contributed by atoms with Crippen LogP contribution >= 0.6 is 12.2 Å². The molecule has 2 nitrogen and oxygen atoms in total. The van der Waals surface area contributed by atoms with Crippen LogP contribution in [0.2, 0.25) is 0 Å². The topological polar surface area (TPSA) is 38.9 Å². The maximum absolute atomic E-state index is 12.3. The van der Waals surface area contributed by atoms with Crippen molar-refractivity contribution in [3.63, 3.8) is 0 Å². The average Bonchev–Trinajstić information content (AvgIpc) is 1.93. The summed E-state index contributed by atoms with van der Waals surface area (Å²) in [5.74, 6) is -0.350. The number of aromatic nitrogens is 1. The van der Waals surface area contributed by atoms with Crippen molar-refractivity contribution in [2.24, 2.45) is 5.73 Å². The van der Waals surface area contributed by atoms with Gasteiger partial charge in [0.15, 0.2) is 0 Å². The number of nitrogens with two attached hydrogens (primary N) is 1. The van der Waals surface area contributed by atoms with Gasteiger partial charge in [-0.3, -0.25) is 4.98 Å². The minimum absolute atomic E-state index is 0.350. The Labute approximate surface area is 69.2 Å². The van der Waals surface area contributed by atoms with Crippen molar-refractivity contribution < 1.29 is 4.39 Å². The maximum Gasteiger partial charge on any atom is 0.141 e. The van der Waals surface area contributed by atoms with Crippen molar-refractivity contribution in [3.8, 4) is 0 Å². The molecule has 0 fully saturated rings. The van der Waals surface area contributed by atoms with Crippen LogP contribution in [0.4, 0.5) is 4.39 Å². The molecule has 1 aromatic heterocycles. The first-order chi connectivity index (χ1) is 5.18. The first kappa shape index (κ1) is 8.07. The molecule has 0 aliphatic rings. The molecule has 2 N–H and O–H groups in total. The third-order valence-corrected chi connectivity index (χ3v) is 1.29. The number of nitrogens with zero attached hydrogens (tertiary/aromatic N) is 1. The second kappa shape index (κ2) is 3.39. The predicted octanol–water partition coefficient (Wildman–Crippen LogP) is 1.05. The molecule has 0 aliphatic heterocycles. The van der Waals surface area contributed by atoms with E-state index in [2.05, 4.69) is 17.2 Å². The molecule has 1 rings (SSSR count). The largest absolute Gasteiger partial charge is 0.393 e. The zero-order valence-electron chi connectivity index (χ0n) is 5.75. The highest BCUT2D eigenvalue weighted by Gasteiger charge is 1.95. The summed E-state index contributed by atoms with van der Waals surface area (Å²) < 4.78 is 12.3. The number of halogens is 1. The zero-order valence-corrected chi connectivity index (χ0v) is 6.57. The standard InChI is InChI=1S/C7H7FN2S/c8-5-1-2-6(10-4-5)3-7(9)11/h1-2,4H,3H2,(H2,9,11). The van der Waals surface area contributed by atoms with E-state index < -0.39 is 0 Å². The number of hydrogen-bond donors (Lipinski definition) is 1. The molecule has 1 heterocycles. The van der Waals surface area contributed by atoms with Crippen LogP contribution in [0.5, 0.6) is 0 Å². The Morgan fingerprint density at radius 1 is 1.64 bits per heavy atom. The lowest BCUT2D eigenvalue weighted by Crippen LogP contribution is -2.11. The van der Waals surface area contributed by atoms with E-state index in [0.717, 1.165) is 6.20 Å². The SMILES string of the molecule is NC(=S)Cc1ccc(F)cn1. The van der Waals surface area contributed by atoms with Crippen molar-refractivity contribution in [2.75, 3.05) is 0 Å². The molecule has 0 unspecified atom stereocenters. The van der Waals surface area contributed by atoms with Crippen LogP contribution in [0.25, 0.3) is 0 Å². The van der Waals surface area contributed by atoms with Crippen molar-refractivity contribution in [1.82, 2.24) is 4.98 Å². The van der Waals surface area contributed by atoms with Gasteiger partial charge in [-0.1, -0.05) is 12.2 Å². The van der Waals surface area contributed by atoms with Gasteiger partial charge in [0.25, 0.3) is 0 Å². The minimum atomic E-state index is -0.350. The molecule has 0 radical (unpaired) electrons. The summed E-state index contributed by atoms with van der Waals surface area (Å²) >= 11 is 4.65. The number of hydrogen-bond acceptors (Lipinski definition) is 2. The van der Waals surface area contributed by atoms with Gasteiger partial charge in [0.1, 0.15) is 5.82 Å². The summed E-state index contributed by atoms with van der Waals surface area (Å²) in [6.07, 6.45) is 1.57. The molecule has 4 heteroatoms. The number of thiocarbonyl (C=S) groups is 1. The average molecular weight is 170 g/mol. The lowest BCUT2D eigenvalue weighted by atomic mass is 10.3. The van der Waals surface area contributed by atoms with Crippen molar-refractivity contribution >= 4 is 17.2 Å². The first-order valence-corrected chi connectivity index (χ1v) is 3.48. The van der Waals surface area contributed by atoms with Gasteiger partial charge in [0.2, 0.25) is 0 Å². The van der Waals surface area contributed by atoms with Gasteiger partial charge < -0.3 is 5.73 Å². The second-order valence-electron chi connectivity index (χ2n) is 2.11. The zero-order chi connectivity index (χ0) is 8.27. The molecule has 0 aromatic carbocycles. The van der Waals surface area contributed by atoms with Gasteiger partial charge >= 0.3 is 0 Å². The van der Waals surface area contributed by atoms with E-state index >= 15 is 0 Å². The van der Waals surface area contributed by atoms with Gasteiger partial charge in [-0.05, 0) is 12.1 Å². The molecule has 1 aromatic rings. The number of pyridine rings is 1. The quantitative estimate of drug-likeness (QED) is 0.674. The lowest BCUT2D eigenvalue weighted by Gasteiger charge is -1.96. The van der Waals surface area contributed by atoms with Crippen molar-refractivity contribution in [1.29, 1.82) is 0 Å². The van der Waals surface area contributed by atoms with E-state index in [1.165, 1.54) is 6.07 Å². The van der Waals surface area contributed by atoms with E-state index in [1.54, 1.807) is 6.07 Å². The van der Waals surface area contributed by atoms with E-state index in [9.17, 15) is 4.39 Å².